The van der Waals surface area contributed by atoms with Crippen LogP contribution in [0.25, 0.3) is 0 Å². The third-order valence-corrected chi connectivity index (χ3v) is 1.95. The summed E-state index contributed by atoms with van der Waals surface area (Å²) < 4.78 is 0. The Hall–Kier alpha value is 0.250. The summed E-state index contributed by atoms with van der Waals surface area (Å²) in [7, 11) is 0. The fraction of sp³-hybridized carbons (Fsp3) is 0.900. The van der Waals surface area contributed by atoms with Gasteiger partial charge in [-0.1, -0.05) is 39.5 Å². The van der Waals surface area contributed by atoms with Gasteiger partial charge in [-0.15, -0.1) is 24.8 Å². The van der Waals surface area contributed by atoms with Crippen LogP contribution < -0.4 is 0 Å². The molecule has 0 aliphatic carbocycles. The lowest BCUT2D eigenvalue weighted by molar-refractivity contribution is -0.118. The van der Waals surface area contributed by atoms with E-state index in [4.69, 9.17) is 0 Å². The summed E-state index contributed by atoms with van der Waals surface area (Å²) in [6.45, 7) is 4.14. The minimum Gasteiger partial charge on any atom is -0.300 e. The van der Waals surface area contributed by atoms with Crippen molar-refractivity contribution in [2.45, 2.75) is 58.8 Å². The topological polar surface area (TPSA) is 17.1 Å². The van der Waals surface area contributed by atoms with Gasteiger partial charge in [0.15, 0.2) is 0 Å². The molecule has 1 nitrogen and oxygen atoms in total. The highest BCUT2D eigenvalue weighted by molar-refractivity contribution is 5.85. The molecule has 0 radical (unpaired) electrons. The predicted molar refractivity (Wildman–Crippen MR) is 63.2 cm³/mol. The Kier molecular flexibility index (Phi) is 21.5. The first kappa shape index (κ1) is 18.9. The van der Waals surface area contributed by atoms with E-state index in [1.54, 1.807) is 0 Å². The SMILES string of the molecule is CCCCCCCC(=O)CC.Cl.Cl. The van der Waals surface area contributed by atoms with Crippen LogP contribution >= 0.6 is 24.8 Å². The molecule has 0 rings (SSSR count). The van der Waals surface area contributed by atoms with Gasteiger partial charge in [0.2, 0.25) is 0 Å². The Morgan fingerprint density at radius 3 is 1.92 bits per heavy atom. The quantitative estimate of drug-likeness (QED) is 0.599. The van der Waals surface area contributed by atoms with Gasteiger partial charge in [0.05, 0.1) is 0 Å². The largest absolute Gasteiger partial charge is 0.300 e. The van der Waals surface area contributed by atoms with Crippen LogP contribution in [0, 0.1) is 0 Å². The maximum atomic E-state index is 10.8. The smallest absolute Gasteiger partial charge is 0.132 e. The van der Waals surface area contributed by atoms with Gasteiger partial charge >= 0.3 is 0 Å². The van der Waals surface area contributed by atoms with Crippen molar-refractivity contribution in [3.63, 3.8) is 0 Å². The van der Waals surface area contributed by atoms with E-state index >= 15 is 0 Å². The Labute approximate surface area is 94.5 Å². The molecule has 0 saturated carbocycles. The monoisotopic (exact) mass is 228 g/mol. The zero-order chi connectivity index (χ0) is 8.53. The summed E-state index contributed by atoms with van der Waals surface area (Å²) in [5.41, 5.74) is 0. The highest BCUT2D eigenvalue weighted by Gasteiger charge is 1.96. The first-order valence-corrected chi connectivity index (χ1v) is 4.83. The number of ketones is 1. The minimum absolute atomic E-state index is 0. The number of halogens is 2. The van der Waals surface area contributed by atoms with Gasteiger partial charge in [-0.05, 0) is 6.42 Å². The van der Waals surface area contributed by atoms with E-state index < -0.39 is 0 Å². The Morgan fingerprint density at radius 2 is 1.46 bits per heavy atom. The first-order chi connectivity index (χ1) is 5.31. The second-order valence-corrected chi connectivity index (χ2v) is 3.06. The minimum atomic E-state index is 0. The molecule has 0 bridgehead atoms. The van der Waals surface area contributed by atoms with Gasteiger partial charge in [0, 0.05) is 12.8 Å². The number of carbonyl (C=O) groups excluding carboxylic acids is 1. The number of rotatable bonds is 7. The summed E-state index contributed by atoms with van der Waals surface area (Å²) in [5.74, 6) is 0.418. The van der Waals surface area contributed by atoms with Crippen molar-refractivity contribution >= 4 is 30.6 Å². The van der Waals surface area contributed by atoms with Crippen molar-refractivity contribution in [3.05, 3.63) is 0 Å². The van der Waals surface area contributed by atoms with E-state index in [1.807, 2.05) is 6.92 Å². The van der Waals surface area contributed by atoms with Gasteiger partial charge in [-0.25, -0.2) is 0 Å². The normalized spacial score (nSPS) is 8.46. The highest BCUT2D eigenvalue weighted by Crippen LogP contribution is 2.05. The molecule has 0 aliphatic rings. The third-order valence-electron chi connectivity index (χ3n) is 1.95. The van der Waals surface area contributed by atoms with Gasteiger partial charge in [-0.3, -0.25) is 4.79 Å². The van der Waals surface area contributed by atoms with Crippen LogP contribution in [-0.4, -0.2) is 5.78 Å². The van der Waals surface area contributed by atoms with E-state index in [9.17, 15) is 4.79 Å². The van der Waals surface area contributed by atoms with Crippen LogP contribution in [0.4, 0.5) is 0 Å². The van der Waals surface area contributed by atoms with Crippen LogP contribution in [0.5, 0.6) is 0 Å². The molecular formula is C10H22Cl2O. The molecule has 0 N–H and O–H groups in total. The molecule has 82 valence electrons. The first-order valence-electron chi connectivity index (χ1n) is 4.83. The zero-order valence-electron chi connectivity index (χ0n) is 8.67. The fourth-order valence-corrected chi connectivity index (χ4v) is 1.10. The summed E-state index contributed by atoms with van der Waals surface area (Å²) >= 11 is 0. The summed E-state index contributed by atoms with van der Waals surface area (Å²) in [5, 5.41) is 0. The maximum absolute atomic E-state index is 10.8. The Bertz CT molecular complexity index is 105. The van der Waals surface area contributed by atoms with Crippen molar-refractivity contribution in [2.24, 2.45) is 0 Å². The molecule has 0 aromatic heterocycles. The lowest BCUT2D eigenvalue weighted by Gasteiger charge is -1.97. The van der Waals surface area contributed by atoms with Gasteiger partial charge < -0.3 is 0 Å². The summed E-state index contributed by atoms with van der Waals surface area (Å²) in [6.07, 6.45) is 7.76. The predicted octanol–water partition coefficient (Wildman–Crippen LogP) is 4.17. The molecule has 13 heavy (non-hydrogen) atoms. The molecule has 0 saturated heterocycles. The molecule has 0 amide bonds. The number of unbranched alkanes of at least 4 members (excludes halogenated alkanes) is 4. The Morgan fingerprint density at radius 1 is 0.923 bits per heavy atom. The fourth-order valence-electron chi connectivity index (χ4n) is 1.10. The molecule has 0 heterocycles. The second-order valence-electron chi connectivity index (χ2n) is 3.06. The van der Waals surface area contributed by atoms with E-state index in [-0.39, 0.29) is 24.8 Å². The molecule has 0 aromatic carbocycles. The molecule has 0 atom stereocenters. The average Bonchev–Trinajstić information content (AvgIpc) is 2.04. The molecule has 0 fully saturated rings. The Balaban J connectivity index is -0.000000500. The lowest BCUT2D eigenvalue weighted by Crippen LogP contribution is -1.93. The van der Waals surface area contributed by atoms with Crippen molar-refractivity contribution < 1.29 is 4.79 Å². The maximum Gasteiger partial charge on any atom is 0.132 e. The second kappa shape index (κ2) is 14.8. The van der Waals surface area contributed by atoms with Gasteiger partial charge in [0.25, 0.3) is 0 Å². The van der Waals surface area contributed by atoms with E-state index in [2.05, 4.69) is 6.92 Å². The van der Waals surface area contributed by atoms with Crippen molar-refractivity contribution in [2.75, 3.05) is 0 Å². The van der Waals surface area contributed by atoms with Gasteiger partial charge in [-0.2, -0.15) is 0 Å². The third kappa shape index (κ3) is 15.0. The molecule has 0 aliphatic heterocycles. The van der Waals surface area contributed by atoms with Crippen molar-refractivity contribution in [3.8, 4) is 0 Å². The molecule has 0 aromatic rings. The summed E-state index contributed by atoms with van der Waals surface area (Å²) in [4.78, 5) is 10.8. The van der Waals surface area contributed by atoms with E-state index in [1.165, 1.54) is 25.7 Å². The van der Waals surface area contributed by atoms with E-state index in [0.717, 1.165) is 12.8 Å². The average molecular weight is 229 g/mol. The van der Waals surface area contributed by atoms with Crippen LogP contribution in [-0.2, 0) is 4.79 Å². The van der Waals surface area contributed by atoms with Crippen LogP contribution in [0.3, 0.4) is 0 Å². The summed E-state index contributed by atoms with van der Waals surface area (Å²) in [6, 6.07) is 0. The van der Waals surface area contributed by atoms with Crippen molar-refractivity contribution in [1.29, 1.82) is 0 Å². The number of carbonyl (C=O) groups is 1. The number of Topliss-reactive ketones (excluding diaryl/α,β-unsaturated/α-hetero) is 1. The molecule has 0 spiro atoms. The van der Waals surface area contributed by atoms with Crippen molar-refractivity contribution in [1.82, 2.24) is 0 Å². The molecular weight excluding hydrogens is 207 g/mol. The number of hydrogen-bond acceptors (Lipinski definition) is 1. The zero-order valence-corrected chi connectivity index (χ0v) is 10.3. The van der Waals surface area contributed by atoms with Gasteiger partial charge in [0.1, 0.15) is 5.78 Å². The number of hydrogen-bond donors (Lipinski definition) is 0. The lowest BCUT2D eigenvalue weighted by atomic mass is 10.1. The van der Waals surface area contributed by atoms with Crippen LogP contribution in [0.1, 0.15) is 58.8 Å². The molecule has 0 unspecified atom stereocenters. The van der Waals surface area contributed by atoms with Crippen LogP contribution in [0.2, 0.25) is 0 Å². The van der Waals surface area contributed by atoms with Crippen LogP contribution in [0.15, 0.2) is 0 Å². The van der Waals surface area contributed by atoms with E-state index in [0.29, 0.717) is 12.2 Å². The molecule has 3 heteroatoms. The highest BCUT2D eigenvalue weighted by atomic mass is 35.5. The standard InChI is InChI=1S/C10H20O.2ClH/c1-3-5-6-7-8-9-10(11)4-2;;/h3-9H2,1-2H3;2*1H.